The summed E-state index contributed by atoms with van der Waals surface area (Å²) < 4.78 is 5.84. The Labute approximate surface area is 206 Å². The van der Waals surface area contributed by atoms with Gasteiger partial charge in [0.25, 0.3) is 5.91 Å². The second-order valence-electron chi connectivity index (χ2n) is 8.85. The summed E-state index contributed by atoms with van der Waals surface area (Å²) in [5, 5.41) is 18.4. The second-order valence-corrected chi connectivity index (χ2v) is 8.85. The number of phenols is 1. The van der Waals surface area contributed by atoms with Gasteiger partial charge >= 0.3 is 5.97 Å². The fourth-order valence-corrected chi connectivity index (χ4v) is 3.82. The fraction of sp³-hybridized carbons (Fsp3) is 0.310. The number of ether oxygens (including phenoxy) is 1. The first-order valence-electron chi connectivity index (χ1n) is 12.0. The van der Waals surface area contributed by atoms with Crippen LogP contribution in [0.25, 0.3) is 11.1 Å². The number of rotatable bonds is 12. The first-order valence-corrected chi connectivity index (χ1v) is 12.0. The average molecular weight is 476 g/mol. The minimum atomic E-state index is -0.768. The van der Waals surface area contributed by atoms with Gasteiger partial charge in [-0.2, -0.15) is 0 Å². The Hall–Kier alpha value is -3.80. The lowest BCUT2D eigenvalue weighted by atomic mass is 10.0. The van der Waals surface area contributed by atoms with Crippen molar-refractivity contribution >= 4 is 11.9 Å². The van der Waals surface area contributed by atoms with Gasteiger partial charge in [-0.05, 0) is 86.2 Å². The molecule has 0 unspecified atom stereocenters. The molecule has 35 heavy (non-hydrogen) atoms. The van der Waals surface area contributed by atoms with Gasteiger partial charge in [-0.3, -0.25) is 9.59 Å². The number of unbranched alkanes of at least 4 members (excludes halogenated alkanes) is 2. The summed E-state index contributed by atoms with van der Waals surface area (Å²) in [4.78, 5) is 25.7. The van der Waals surface area contributed by atoms with Gasteiger partial charge in [0.05, 0.1) is 6.61 Å². The van der Waals surface area contributed by atoms with Crippen molar-refractivity contribution in [3.8, 4) is 22.6 Å². The largest absolute Gasteiger partial charge is 0.508 e. The van der Waals surface area contributed by atoms with Crippen LogP contribution >= 0.6 is 0 Å². The van der Waals surface area contributed by atoms with Crippen LogP contribution in [0.5, 0.6) is 11.5 Å². The summed E-state index contributed by atoms with van der Waals surface area (Å²) in [6, 6.07) is 22.2. The normalized spacial score (nSPS) is 10.8. The molecular formula is C29H33NO5. The van der Waals surface area contributed by atoms with Gasteiger partial charge in [0.1, 0.15) is 11.5 Å². The first kappa shape index (κ1) is 25.8. The van der Waals surface area contributed by atoms with Gasteiger partial charge in [-0.15, -0.1) is 0 Å². The molecule has 3 aromatic rings. The Morgan fingerprint density at radius 1 is 0.886 bits per heavy atom. The quantitative estimate of drug-likeness (QED) is 0.308. The Morgan fingerprint density at radius 2 is 1.63 bits per heavy atom. The van der Waals surface area contributed by atoms with Crippen molar-refractivity contribution in [1.82, 2.24) is 4.90 Å². The molecule has 1 amide bonds. The molecule has 0 heterocycles. The van der Waals surface area contributed by atoms with Crippen LogP contribution in [0.3, 0.4) is 0 Å². The summed E-state index contributed by atoms with van der Waals surface area (Å²) in [6.07, 6.45) is 2.45. The predicted octanol–water partition coefficient (Wildman–Crippen LogP) is 6.13. The van der Waals surface area contributed by atoms with E-state index in [1.165, 1.54) is 0 Å². The van der Waals surface area contributed by atoms with Crippen LogP contribution in [0.1, 0.15) is 55.5 Å². The highest BCUT2D eigenvalue weighted by Crippen LogP contribution is 2.24. The molecule has 0 bridgehead atoms. The third kappa shape index (κ3) is 7.88. The Balaban J connectivity index is 1.62. The number of aliphatic carboxylic acids is 1. The average Bonchev–Trinajstić information content (AvgIpc) is 2.84. The number of nitrogens with zero attached hydrogens (tertiary/aromatic N) is 1. The van der Waals surface area contributed by atoms with Crippen LogP contribution in [0, 0.1) is 0 Å². The molecule has 0 aliphatic rings. The zero-order valence-electron chi connectivity index (χ0n) is 20.3. The highest BCUT2D eigenvalue weighted by Gasteiger charge is 2.19. The molecule has 0 aliphatic carbocycles. The zero-order valence-corrected chi connectivity index (χ0v) is 20.3. The Morgan fingerprint density at radius 3 is 2.31 bits per heavy atom. The minimum Gasteiger partial charge on any atom is -0.508 e. The molecule has 2 N–H and O–H groups in total. The number of carbonyl (C=O) groups excluding carboxylic acids is 1. The maximum Gasteiger partial charge on any atom is 0.303 e. The number of amides is 1. The highest BCUT2D eigenvalue weighted by atomic mass is 16.5. The number of carboxylic acid groups (broad SMARTS) is 1. The van der Waals surface area contributed by atoms with E-state index in [0.717, 1.165) is 35.3 Å². The van der Waals surface area contributed by atoms with Crippen molar-refractivity contribution in [1.29, 1.82) is 0 Å². The number of hydrogen-bond donors (Lipinski definition) is 2. The van der Waals surface area contributed by atoms with Crippen LogP contribution in [0.2, 0.25) is 0 Å². The SMILES string of the molecule is CC(C)N(Cc1cccc(OCCCCCC(=O)O)c1)C(=O)c1ccc(-c2cccc(O)c2)cc1. The van der Waals surface area contributed by atoms with E-state index in [1.807, 2.05) is 73.3 Å². The van der Waals surface area contributed by atoms with E-state index >= 15 is 0 Å². The van der Waals surface area contributed by atoms with E-state index in [1.54, 1.807) is 18.2 Å². The summed E-state index contributed by atoms with van der Waals surface area (Å²) in [5.74, 6) is 0.132. The van der Waals surface area contributed by atoms with Gasteiger partial charge in [0.2, 0.25) is 0 Å². The molecule has 184 valence electrons. The zero-order chi connectivity index (χ0) is 25.2. The molecule has 0 aromatic heterocycles. The molecule has 0 radical (unpaired) electrons. The van der Waals surface area contributed by atoms with Gasteiger partial charge in [-0.25, -0.2) is 0 Å². The summed E-state index contributed by atoms with van der Waals surface area (Å²) in [5.41, 5.74) is 3.41. The van der Waals surface area contributed by atoms with Gasteiger partial charge in [0, 0.05) is 24.6 Å². The van der Waals surface area contributed by atoms with Crippen molar-refractivity contribution in [2.75, 3.05) is 6.61 Å². The third-order valence-corrected chi connectivity index (χ3v) is 5.75. The van der Waals surface area contributed by atoms with Crippen LogP contribution < -0.4 is 4.74 Å². The van der Waals surface area contributed by atoms with Crippen LogP contribution in [0.4, 0.5) is 0 Å². The van der Waals surface area contributed by atoms with E-state index in [2.05, 4.69) is 0 Å². The molecule has 0 atom stereocenters. The van der Waals surface area contributed by atoms with E-state index in [4.69, 9.17) is 9.84 Å². The second kappa shape index (κ2) is 12.6. The lowest BCUT2D eigenvalue weighted by Crippen LogP contribution is -2.36. The maximum atomic E-state index is 13.3. The van der Waals surface area contributed by atoms with Crippen molar-refractivity contribution in [2.24, 2.45) is 0 Å². The van der Waals surface area contributed by atoms with Gasteiger partial charge in [0.15, 0.2) is 0 Å². The van der Waals surface area contributed by atoms with E-state index in [9.17, 15) is 14.7 Å². The first-order chi connectivity index (χ1) is 16.8. The van der Waals surface area contributed by atoms with E-state index in [0.29, 0.717) is 25.1 Å². The molecule has 3 aromatic carbocycles. The lowest BCUT2D eigenvalue weighted by Gasteiger charge is -2.27. The van der Waals surface area contributed by atoms with Crippen molar-refractivity contribution in [2.45, 2.75) is 52.1 Å². The topological polar surface area (TPSA) is 87.1 Å². The number of aromatic hydroxyl groups is 1. The Kier molecular flexibility index (Phi) is 9.30. The summed E-state index contributed by atoms with van der Waals surface area (Å²) in [7, 11) is 0. The maximum absolute atomic E-state index is 13.3. The predicted molar refractivity (Wildman–Crippen MR) is 137 cm³/mol. The molecule has 0 saturated heterocycles. The van der Waals surface area contributed by atoms with Crippen LogP contribution in [-0.2, 0) is 11.3 Å². The third-order valence-electron chi connectivity index (χ3n) is 5.75. The summed E-state index contributed by atoms with van der Waals surface area (Å²) >= 11 is 0. The lowest BCUT2D eigenvalue weighted by molar-refractivity contribution is -0.137. The van der Waals surface area contributed by atoms with Gasteiger partial charge in [-0.1, -0.05) is 36.4 Å². The van der Waals surface area contributed by atoms with Crippen LogP contribution in [0.15, 0.2) is 72.8 Å². The number of phenolic OH excluding ortho intramolecular Hbond substituents is 1. The molecule has 0 aliphatic heterocycles. The minimum absolute atomic E-state index is 0.00653. The molecule has 0 saturated carbocycles. The van der Waals surface area contributed by atoms with Crippen molar-refractivity contribution < 1.29 is 24.5 Å². The number of hydrogen-bond acceptors (Lipinski definition) is 4. The molecular weight excluding hydrogens is 442 g/mol. The Bertz CT molecular complexity index is 1120. The highest BCUT2D eigenvalue weighted by molar-refractivity contribution is 5.95. The fourth-order valence-electron chi connectivity index (χ4n) is 3.82. The van der Waals surface area contributed by atoms with Crippen LogP contribution in [-0.4, -0.2) is 39.6 Å². The standard InChI is InChI=1S/C29H33NO5/c1-21(2)30(20-22-8-6-11-27(18-22)35-17-5-3-4-12-28(32)33)29(34)24-15-13-23(14-16-24)25-9-7-10-26(31)19-25/h6-11,13-16,18-19,21,31H,3-5,12,17,20H2,1-2H3,(H,32,33). The molecule has 0 fully saturated rings. The van der Waals surface area contributed by atoms with Crippen molar-refractivity contribution in [3.05, 3.63) is 83.9 Å². The van der Waals surface area contributed by atoms with Gasteiger partial charge < -0.3 is 19.8 Å². The summed E-state index contributed by atoms with van der Waals surface area (Å²) in [6.45, 7) is 4.98. The molecule has 6 nitrogen and oxygen atoms in total. The molecule has 6 heteroatoms. The monoisotopic (exact) mass is 475 g/mol. The molecule has 0 spiro atoms. The van der Waals surface area contributed by atoms with E-state index in [-0.39, 0.29) is 24.1 Å². The number of benzene rings is 3. The number of carboxylic acids is 1. The number of carbonyl (C=O) groups is 2. The van der Waals surface area contributed by atoms with E-state index < -0.39 is 5.97 Å². The molecule has 3 rings (SSSR count). The van der Waals surface area contributed by atoms with Crippen molar-refractivity contribution in [3.63, 3.8) is 0 Å². The smallest absolute Gasteiger partial charge is 0.303 e.